The van der Waals surface area contributed by atoms with E-state index < -0.39 is 0 Å². The van der Waals surface area contributed by atoms with E-state index in [2.05, 4.69) is 13.8 Å². The average molecular weight is 290 g/mol. The number of nitro benzene ring substituents is 1. The summed E-state index contributed by atoms with van der Waals surface area (Å²) in [6, 6.07) is 7.09. The highest BCUT2D eigenvalue weighted by molar-refractivity contribution is 5.40. The third-order valence-corrected chi connectivity index (χ3v) is 5.22. The molecule has 0 atom stereocenters. The van der Waals surface area contributed by atoms with Crippen LogP contribution in [-0.2, 0) is 6.42 Å². The number of para-hydroxylation sites is 1. The van der Waals surface area contributed by atoms with Gasteiger partial charge in [-0.05, 0) is 55.9 Å². The van der Waals surface area contributed by atoms with E-state index in [-0.39, 0.29) is 16.0 Å². The van der Waals surface area contributed by atoms with Crippen molar-refractivity contribution in [3.05, 3.63) is 39.9 Å². The maximum absolute atomic E-state index is 11.2. The second-order valence-electron chi connectivity index (χ2n) is 6.85. The van der Waals surface area contributed by atoms with Gasteiger partial charge < -0.3 is 5.73 Å². The van der Waals surface area contributed by atoms with Crippen LogP contribution in [0.3, 0.4) is 0 Å². The number of nitro groups is 1. The lowest BCUT2D eigenvalue weighted by Crippen LogP contribution is -2.37. The van der Waals surface area contributed by atoms with Crippen LogP contribution >= 0.6 is 0 Å². The van der Waals surface area contributed by atoms with E-state index in [1.165, 1.54) is 12.8 Å². The van der Waals surface area contributed by atoms with Crippen molar-refractivity contribution >= 4 is 5.69 Å². The number of hydrogen-bond acceptors (Lipinski definition) is 3. The molecule has 0 aromatic heterocycles. The van der Waals surface area contributed by atoms with E-state index in [0.717, 1.165) is 30.7 Å². The Morgan fingerprint density at radius 1 is 1.33 bits per heavy atom. The first kappa shape index (κ1) is 16.0. The molecule has 0 radical (unpaired) electrons. The van der Waals surface area contributed by atoms with Gasteiger partial charge in [0.15, 0.2) is 0 Å². The van der Waals surface area contributed by atoms with Gasteiger partial charge in [0.05, 0.1) is 4.92 Å². The summed E-state index contributed by atoms with van der Waals surface area (Å²) in [5.74, 6) is 1.49. The first-order chi connectivity index (χ1) is 9.97. The second kappa shape index (κ2) is 6.56. The zero-order valence-corrected chi connectivity index (χ0v) is 13.0. The zero-order valence-electron chi connectivity index (χ0n) is 13.0. The normalized spacial score (nSPS) is 26.0. The third-order valence-electron chi connectivity index (χ3n) is 5.22. The Bertz CT molecular complexity index is 491. The zero-order chi connectivity index (χ0) is 15.5. The molecule has 1 aromatic carbocycles. The molecule has 2 N–H and O–H groups in total. The summed E-state index contributed by atoms with van der Waals surface area (Å²) in [5, 5.41) is 11.2. The van der Waals surface area contributed by atoms with Crippen LogP contribution in [0.2, 0.25) is 0 Å². The van der Waals surface area contributed by atoms with Crippen LogP contribution in [0.15, 0.2) is 24.3 Å². The lowest BCUT2D eigenvalue weighted by Gasteiger charge is -2.40. The fourth-order valence-electron chi connectivity index (χ4n) is 3.61. The average Bonchev–Trinajstić information content (AvgIpc) is 2.48. The molecule has 0 amide bonds. The summed E-state index contributed by atoms with van der Waals surface area (Å²) < 4.78 is 0. The van der Waals surface area contributed by atoms with E-state index in [0.29, 0.717) is 12.5 Å². The molecule has 4 nitrogen and oxygen atoms in total. The molecule has 0 bridgehead atoms. The molecule has 4 heteroatoms. The minimum absolute atomic E-state index is 0.0392. The van der Waals surface area contributed by atoms with Crippen LogP contribution in [0, 0.1) is 27.4 Å². The van der Waals surface area contributed by atoms with Crippen molar-refractivity contribution < 1.29 is 4.92 Å². The van der Waals surface area contributed by atoms with Crippen molar-refractivity contribution in [1.82, 2.24) is 0 Å². The fourth-order valence-corrected chi connectivity index (χ4v) is 3.61. The first-order valence-corrected chi connectivity index (χ1v) is 7.90. The second-order valence-corrected chi connectivity index (χ2v) is 6.85. The van der Waals surface area contributed by atoms with Gasteiger partial charge in [0.2, 0.25) is 0 Å². The Balaban J connectivity index is 2.15. The molecule has 0 spiro atoms. The number of rotatable bonds is 5. The highest BCUT2D eigenvalue weighted by atomic mass is 16.6. The molecule has 2 rings (SSSR count). The van der Waals surface area contributed by atoms with Gasteiger partial charge in [-0.1, -0.05) is 32.0 Å². The highest BCUT2D eigenvalue weighted by Crippen LogP contribution is 2.43. The predicted octanol–water partition coefficient (Wildman–Crippen LogP) is 3.93. The molecule has 1 aliphatic carbocycles. The topological polar surface area (TPSA) is 69.2 Å². The SMILES string of the molecule is CC(C)C1CCC(CN)(Cc2ccccc2[N+](=O)[O-])CC1. The molecule has 0 unspecified atom stereocenters. The van der Waals surface area contributed by atoms with Gasteiger partial charge in [-0.3, -0.25) is 10.1 Å². The Kier molecular flexibility index (Phi) is 4.99. The number of nitrogens with two attached hydrogens (primary N) is 1. The fraction of sp³-hybridized carbons (Fsp3) is 0.647. The van der Waals surface area contributed by atoms with Crippen molar-refractivity contribution in [1.29, 1.82) is 0 Å². The van der Waals surface area contributed by atoms with E-state index in [4.69, 9.17) is 5.73 Å². The summed E-state index contributed by atoms with van der Waals surface area (Å²) in [4.78, 5) is 10.9. The van der Waals surface area contributed by atoms with Gasteiger partial charge in [0, 0.05) is 11.6 Å². The standard InChI is InChI=1S/C17H26N2O2/c1-13(2)14-7-9-17(12-18,10-8-14)11-15-5-3-4-6-16(15)19(20)21/h3-6,13-14H,7-12,18H2,1-2H3. The van der Waals surface area contributed by atoms with E-state index in [1.54, 1.807) is 12.1 Å². The van der Waals surface area contributed by atoms with Crippen LogP contribution in [0.25, 0.3) is 0 Å². The summed E-state index contributed by atoms with van der Waals surface area (Å²) >= 11 is 0. The van der Waals surface area contributed by atoms with Crippen molar-refractivity contribution in [3.8, 4) is 0 Å². The van der Waals surface area contributed by atoms with Gasteiger partial charge in [-0.2, -0.15) is 0 Å². The molecular weight excluding hydrogens is 264 g/mol. The molecule has 1 fully saturated rings. The van der Waals surface area contributed by atoms with Gasteiger partial charge in [0.1, 0.15) is 0 Å². The monoisotopic (exact) mass is 290 g/mol. The number of nitrogens with zero attached hydrogens (tertiary/aromatic N) is 1. The number of hydrogen-bond donors (Lipinski definition) is 1. The quantitative estimate of drug-likeness (QED) is 0.660. The van der Waals surface area contributed by atoms with Crippen molar-refractivity contribution in [2.45, 2.75) is 46.0 Å². The highest BCUT2D eigenvalue weighted by Gasteiger charge is 2.36. The number of benzene rings is 1. The molecule has 21 heavy (non-hydrogen) atoms. The summed E-state index contributed by atoms with van der Waals surface area (Å²) in [7, 11) is 0. The largest absolute Gasteiger partial charge is 0.330 e. The molecule has 0 saturated heterocycles. The Hall–Kier alpha value is -1.42. The van der Waals surface area contributed by atoms with Crippen LogP contribution in [0.5, 0.6) is 0 Å². The molecule has 1 aromatic rings. The third kappa shape index (κ3) is 3.62. The molecule has 1 saturated carbocycles. The van der Waals surface area contributed by atoms with Crippen LogP contribution < -0.4 is 5.73 Å². The lowest BCUT2D eigenvalue weighted by atomic mass is 9.65. The van der Waals surface area contributed by atoms with Gasteiger partial charge in [-0.15, -0.1) is 0 Å². The molecular formula is C17H26N2O2. The Morgan fingerprint density at radius 3 is 2.48 bits per heavy atom. The van der Waals surface area contributed by atoms with Gasteiger partial charge >= 0.3 is 0 Å². The van der Waals surface area contributed by atoms with Crippen molar-refractivity contribution in [2.75, 3.05) is 6.54 Å². The first-order valence-electron chi connectivity index (χ1n) is 7.90. The minimum atomic E-state index is -0.278. The van der Waals surface area contributed by atoms with Gasteiger partial charge in [-0.25, -0.2) is 0 Å². The minimum Gasteiger partial charge on any atom is -0.330 e. The van der Waals surface area contributed by atoms with Crippen molar-refractivity contribution in [2.24, 2.45) is 23.0 Å². The van der Waals surface area contributed by atoms with E-state index in [1.807, 2.05) is 12.1 Å². The predicted molar refractivity (Wildman–Crippen MR) is 85.1 cm³/mol. The molecule has 0 aliphatic heterocycles. The maximum atomic E-state index is 11.2. The summed E-state index contributed by atoms with van der Waals surface area (Å²) in [6.07, 6.45) is 5.27. The van der Waals surface area contributed by atoms with Gasteiger partial charge in [0.25, 0.3) is 5.69 Å². The van der Waals surface area contributed by atoms with Crippen molar-refractivity contribution in [3.63, 3.8) is 0 Å². The summed E-state index contributed by atoms with van der Waals surface area (Å²) in [5.41, 5.74) is 7.17. The summed E-state index contributed by atoms with van der Waals surface area (Å²) in [6.45, 7) is 5.17. The maximum Gasteiger partial charge on any atom is 0.272 e. The van der Waals surface area contributed by atoms with Crippen LogP contribution in [0.4, 0.5) is 5.69 Å². The Morgan fingerprint density at radius 2 is 1.95 bits per heavy atom. The Labute approximate surface area is 126 Å². The molecule has 116 valence electrons. The smallest absolute Gasteiger partial charge is 0.272 e. The molecule has 0 heterocycles. The van der Waals surface area contributed by atoms with E-state index in [9.17, 15) is 10.1 Å². The van der Waals surface area contributed by atoms with E-state index >= 15 is 0 Å². The molecule has 1 aliphatic rings. The van der Waals surface area contributed by atoms with Crippen LogP contribution in [0.1, 0.15) is 45.1 Å². The lowest BCUT2D eigenvalue weighted by molar-refractivity contribution is -0.385. The van der Waals surface area contributed by atoms with Crippen LogP contribution in [-0.4, -0.2) is 11.5 Å².